The molecule has 2 rings (SSSR count). The quantitative estimate of drug-likeness (QED) is 0.632. The molecule has 0 aromatic heterocycles. The van der Waals surface area contributed by atoms with E-state index in [1.165, 1.54) is 0 Å². The molecule has 0 aliphatic carbocycles. The molecule has 144 valence electrons. The summed E-state index contributed by atoms with van der Waals surface area (Å²) < 4.78 is 0. The highest BCUT2D eigenvalue weighted by Crippen LogP contribution is 2.28. The third-order valence-electron chi connectivity index (χ3n) is 4.03. The van der Waals surface area contributed by atoms with Crippen LogP contribution < -0.4 is 16.8 Å². The van der Waals surface area contributed by atoms with Gasteiger partial charge in [0.2, 0.25) is 0 Å². The lowest BCUT2D eigenvalue weighted by Crippen LogP contribution is -2.32. The van der Waals surface area contributed by atoms with Crippen molar-refractivity contribution in [2.75, 3.05) is 0 Å². The Hall–Kier alpha value is -2.94. The van der Waals surface area contributed by atoms with Gasteiger partial charge in [0.05, 0.1) is 27.7 Å². The molecule has 0 heterocycles. The number of nitrogens with two attached hydrogens (primary N) is 2. The van der Waals surface area contributed by atoms with Crippen molar-refractivity contribution < 1.29 is 4.79 Å². The zero-order chi connectivity index (χ0) is 20.8. The standard InChI is InChI=1S/C21H20Cl2N4O/c1-12-9-15(4-5-16(12)11-24)21(28)27-20(19(26)8-3-13(2)25)14-6-7-17(22)18(23)10-14/h3-10,20H,25-26H2,1-2H3,(H,27,28)/b13-3-,19-8-/t20-/m0/s1. The first-order chi connectivity index (χ1) is 13.2. The summed E-state index contributed by atoms with van der Waals surface area (Å²) >= 11 is 12.1. The van der Waals surface area contributed by atoms with Gasteiger partial charge in [0.25, 0.3) is 5.91 Å². The van der Waals surface area contributed by atoms with E-state index in [0.717, 1.165) is 0 Å². The Morgan fingerprint density at radius 1 is 1.14 bits per heavy atom. The third kappa shape index (κ3) is 5.29. The fourth-order valence-corrected chi connectivity index (χ4v) is 2.83. The SMILES string of the molecule is C/C(N)=C/C=C(\N)[C@@H](NC(=O)c1ccc(C#N)c(C)c1)c1ccc(Cl)c(Cl)c1. The number of nitrogens with zero attached hydrogens (tertiary/aromatic N) is 1. The predicted molar refractivity (Wildman–Crippen MR) is 113 cm³/mol. The van der Waals surface area contributed by atoms with Crippen molar-refractivity contribution in [2.24, 2.45) is 11.5 Å². The van der Waals surface area contributed by atoms with Crippen LogP contribution in [0.4, 0.5) is 0 Å². The van der Waals surface area contributed by atoms with Gasteiger partial charge in [-0.25, -0.2) is 0 Å². The zero-order valence-electron chi connectivity index (χ0n) is 15.5. The van der Waals surface area contributed by atoms with Crippen molar-refractivity contribution in [3.05, 3.63) is 92.2 Å². The largest absolute Gasteiger partial charge is 0.402 e. The molecule has 0 radical (unpaired) electrons. The highest BCUT2D eigenvalue weighted by Gasteiger charge is 2.19. The summed E-state index contributed by atoms with van der Waals surface area (Å²) in [4.78, 5) is 12.8. The van der Waals surface area contributed by atoms with Crippen LogP contribution in [0.15, 0.2) is 59.9 Å². The number of hydrogen-bond donors (Lipinski definition) is 3. The molecule has 0 unspecified atom stereocenters. The second-order valence-corrected chi connectivity index (χ2v) is 7.11. The average molecular weight is 415 g/mol. The second kappa shape index (κ2) is 9.32. The molecular formula is C21H20Cl2N4O. The number of carbonyl (C=O) groups is 1. The summed E-state index contributed by atoms with van der Waals surface area (Å²) in [6, 6.07) is 11.3. The number of carbonyl (C=O) groups excluding carboxylic acids is 1. The van der Waals surface area contributed by atoms with Crippen LogP contribution in [0.25, 0.3) is 0 Å². The van der Waals surface area contributed by atoms with Gasteiger partial charge in [0.15, 0.2) is 0 Å². The molecule has 1 atom stereocenters. The molecule has 0 fully saturated rings. The summed E-state index contributed by atoms with van der Waals surface area (Å²) in [5.74, 6) is -0.339. The van der Waals surface area contributed by atoms with Gasteiger partial charge in [0, 0.05) is 17.0 Å². The fraction of sp³-hybridized carbons (Fsp3) is 0.143. The van der Waals surface area contributed by atoms with E-state index in [2.05, 4.69) is 11.4 Å². The molecule has 5 N–H and O–H groups in total. The van der Waals surface area contributed by atoms with Crippen LogP contribution in [-0.2, 0) is 0 Å². The van der Waals surface area contributed by atoms with Gasteiger partial charge in [-0.1, -0.05) is 29.3 Å². The number of rotatable bonds is 5. The predicted octanol–water partition coefficient (Wildman–Crippen LogP) is 4.35. The monoisotopic (exact) mass is 414 g/mol. The van der Waals surface area contributed by atoms with Crippen LogP contribution in [0.5, 0.6) is 0 Å². The van der Waals surface area contributed by atoms with Crippen LogP contribution in [0, 0.1) is 18.3 Å². The molecule has 0 spiro atoms. The van der Waals surface area contributed by atoms with Gasteiger partial charge in [-0.05, 0) is 67.5 Å². The number of hydrogen-bond acceptors (Lipinski definition) is 4. The van der Waals surface area contributed by atoms with Crippen LogP contribution in [0.3, 0.4) is 0 Å². The van der Waals surface area contributed by atoms with E-state index in [-0.39, 0.29) is 5.91 Å². The molecule has 0 aliphatic heterocycles. The van der Waals surface area contributed by atoms with Crippen molar-refractivity contribution >= 4 is 29.1 Å². The highest BCUT2D eigenvalue weighted by molar-refractivity contribution is 6.42. The van der Waals surface area contributed by atoms with Gasteiger partial charge >= 0.3 is 0 Å². The van der Waals surface area contributed by atoms with Crippen molar-refractivity contribution in [3.63, 3.8) is 0 Å². The van der Waals surface area contributed by atoms with Gasteiger partial charge in [0.1, 0.15) is 0 Å². The number of halogens is 2. The molecule has 5 nitrogen and oxygen atoms in total. The molecular weight excluding hydrogens is 395 g/mol. The lowest BCUT2D eigenvalue weighted by atomic mass is 10.0. The van der Waals surface area contributed by atoms with E-state index in [1.807, 2.05) is 0 Å². The van der Waals surface area contributed by atoms with E-state index < -0.39 is 6.04 Å². The Kier molecular flexibility index (Phi) is 7.11. The molecule has 2 aromatic rings. The number of benzene rings is 2. The van der Waals surface area contributed by atoms with Crippen LogP contribution in [-0.4, -0.2) is 5.91 Å². The minimum absolute atomic E-state index is 0.339. The van der Waals surface area contributed by atoms with Crippen molar-refractivity contribution in [2.45, 2.75) is 19.9 Å². The molecule has 1 amide bonds. The number of aryl methyl sites for hydroxylation is 1. The van der Waals surface area contributed by atoms with Crippen molar-refractivity contribution in [3.8, 4) is 6.07 Å². The van der Waals surface area contributed by atoms with Gasteiger partial charge < -0.3 is 16.8 Å². The highest BCUT2D eigenvalue weighted by atomic mass is 35.5. The van der Waals surface area contributed by atoms with Crippen LogP contribution in [0.1, 0.15) is 40.0 Å². The average Bonchev–Trinajstić information content (AvgIpc) is 2.66. The molecule has 0 bridgehead atoms. The Morgan fingerprint density at radius 3 is 2.43 bits per heavy atom. The van der Waals surface area contributed by atoms with Gasteiger partial charge in [-0.2, -0.15) is 5.26 Å². The number of nitrogens with one attached hydrogen (secondary N) is 1. The summed E-state index contributed by atoms with van der Waals surface area (Å²) in [6.45, 7) is 3.50. The van der Waals surface area contributed by atoms with E-state index >= 15 is 0 Å². The molecule has 2 aromatic carbocycles. The minimum atomic E-state index is -0.645. The topological polar surface area (TPSA) is 105 Å². The van der Waals surface area contributed by atoms with E-state index in [9.17, 15) is 4.79 Å². The molecule has 0 saturated heterocycles. The maximum Gasteiger partial charge on any atom is 0.252 e. The van der Waals surface area contributed by atoms with Crippen molar-refractivity contribution in [1.82, 2.24) is 5.32 Å². The Bertz CT molecular complexity index is 1000. The van der Waals surface area contributed by atoms with Crippen LogP contribution in [0.2, 0.25) is 10.0 Å². The fourth-order valence-electron chi connectivity index (χ4n) is 2.52. The van der Waals surface area contributed by atoms with Crippen LogP contribution >= 0.6 is 23.2 Å². The summed E-state index contributed by atoms with van der Waals surface area (Å²) in [5, 5.41) is 12.7. The maximum atomic E-state index is 12.8. The maximum absolute atomic E-state index is 12.8. The number of nitriles is 1. The lowest BCUT2D eigenvalue weighted by Gasteiger charge is -2.20. The Morgan fingerprint density at radius 2 is 1.86 bits per heavy atom. The number of allylic oxidation sites excluding steroid dienone is 3. The van der Waals surface area contributed by atoms with Gasteiger partial charge in [-0.15, -0.1) is 0 Å². The van der Waals surface area contributed by atoms with E-state index in [1.54, 1.807) is 62.4 Å². The molecule has 28 heavy (non-hydrogen) atoms. The summed E-state index contributed by atoms with van der Waals surface area (Å²) in [6.07, 6.45) is 3.28. The first-order valence-electron chi connectivity index (χ1n) is 8.39. The zero-order valence-corrected chi connectivity index (χ0v) is 17.0. The first-order valence-corrected chi connectivity index (χ1v) is 9.14. The third-order valence-corrected chi connectivity index (χ3v) is 4.77. The first kappa shape index (κ1) is 21.4. The second-order valence-electron chi connectivity index (χ2n) is 6.30. The van der Waals surface area contributed by atoms with E-state index in [4.69, 9.17) is 39.9 Å². The minimum Gasteiger partial charge on any atom is -0.402 e. The van der Waals surface area contributed by atoms with Crippen molar-refractivity contribution in [1.29, 1.82) is 5.26 Å². The lowest BCUT2D eigenvalue weighted by molar-refractivity contribution is 0.0942. The summed E-state index contributed by atoms with van der Waals surface area (Å²) in [5.41, 5.74) is 15.2. The van der Waals surface area contributed by atoms with E-state index in [0.29, 0.717) is 43.7 Å². The molecule has 7 heteroatoms. The summed E-state index contributed by atoms with van der Waals surface area (Å²) in [7, 11) is 0. The molecule has 0 saturated carbocycles. The Balaban J connectivity index is 2.41. The smallest absolute Gasteiger partial charge is 0.252 e. The van der Waals surface area contributed by atoms with Gasteiger partial charge in [-0.3, -0.25) is 4.79 Å². The Labute approximate surface area is 174 Å². The number of amides is 1. The normalized spacial score (nSPS) is 13.0. The molecule has 0 aliphatic rings.